The smallest absolute Gasteiger partial charge is 0.309 e. The second kappa shape index (κ2) is 5.90. The first-order chi connectivity index (χ1) is 9.09. The highest BCUT2D eigenvalue weighted by Crippen LogP contribution is 2.36. The number of hydrogen-bond acceptors (Lipinski definition) is 3. The molecule has 5 heteroatoms. The van der Waals surface area contributed by atoms with Crippen LogP contribution in [0.1, 0.15) is 45.4 Å². The largest absolute Gasteiger partial charge is 0.481 e. The van der Waals surface area contributed by atoms with Crippen LogP contribution >= 0.6 is 0 Å². The van der Waals surface area contributed by atoms with E-state index in [1.165, 1.54) is 0 Å². The zero-order valence-corrected chi connectivity index (χ0v) is 11.7. The first kappa shape index (κ1) is 14.3. The zero-order valence-electron chi connectivity index (χ0n) is 11.7. The number of carbonyl (C=O) groups excluding carboxylic acids is 1. The van der Waals surface area contributed by atoms with Gasteiger partial charge in [-0.3, -0.25) is 9.59 Å². The molecule has 0 spiro atoms. The minimum atomic E-state index is -0.694. The predicted molar refractivity (Wildman–Crippen MR) is 71.8 cm³/mol. The van der Waals surface area contributed by atoms with Crippen LogP contribution in [0.4, 0.5) is 0 Å². The second-order valence-corrected chi connectivity index (χ2v) is 5.81. The molecule has 0 saturated carbocycles. The molecule has 19 heavy (non-hydrogen) atoms. The van der Waals surface area contributed by atoms with E-state index in [0.717, 1.165) is 25.8 Å². The van der Waals surface area contributed by atoms with Gasteiger partial charge in [-0.05, 0) is 38.6 Å². The number of carboxylic acids is 1. The molecule has 2 fully saturated rings. The lowest BCUT2D eigenvalue weighted by molar-refractivity contribution is -0.155. The van der Waals surface area contributed by atoms with Crippen molar-refractivity contribution in [1.82, 2.24) is 10.2 Å². The molecule has 2 saturated heterocycles. The molecular formula is C14H24N2O3. The van der Waals surface area contributed by atoms with Crippen molar-refractivity contribution < 1.29 is 14.7 Å². The third-order valence-electron chi connectivity index (χ3n) is 4.57. The van der Waals surface area contributed by atoms with Gasteiger partial charge in [0.05, 0.1) is 11.5 Å². The molecular weight excluding hydrogens is 244 g/mol. The van der Waals surface area contributed by atoms with Crippen LogP contribution in [0.3, 0.4) is 0 Å². The van der Waals surface area contributed by atoms with Crippen molar-refractivity contribution in [2.45, 2.75) is 51.5 Å². The molecule has 5 nitrogen and oxygen atoms in total. The highest BCUT2D eigenvalue weighted by atomic mass is 16.4. The number of nitrogens with one attached hydrogen (secondary N) is 1. The Bertz CT molecular complexity index is 343. The lowest BCUT2D eigenvalue weighted by Crippen LogP contribution is -2.51. The van der Waals surface area contributed by atoms with E-state index >= 15 is 0 Å². The van der Waals surface area contributed by atoms with Crippen molar-refractivity contribution in [3.05, 3.63) is 0 Å². The summed E-state index contributed by atoms with van der Waals surface area (Å²) in [6.45, 7) is 4.11. The molecule has 2 N–H and O–H groups in total. The molecule has 2 heterocycles. The summed E-state index contributed by atoms with van der Waals surface area (Å²) in [6.07, 6.45) is 4.74. The van der Waals surface area contributed by atoms with Gasteiger partial charge in [0.25, 0.3) is 0 Å². The third-order valence-corrected chi connectivity index (χ3v) is 4.57. The van der Waals surface area contributed by atoms with Crippen LogP contribution in [0.25, 0.3) is 0 Å². The number of nitrogens with zero attached hydrogens (tertiary/aromatic N) is 1. The highest BCUT2D eigenvalue weighted by molar-refractivity contribution is 5.83. The van der Waals surface area contributed by atoms with E-state index in [-0.39, 0.29) is 11.9 Å². The van der Waals surface area contributed by atoms with E-state index in [1.807, 2.05) is 11.8 Å². The van der Waals surface area contributed by atoms with Gasteiger partial charge in [-0.15, -0.1) is 0 Å². The fourth-order valence-electron chi connectivity index (χ4n) is 3.32. The average molecular weight is 268 g/mol. The molecule has 2 rings (SSSR count). The third kappa shape index (κ3) is 2.91. The summed E-state index contributed by atoms with van der Waals surface area (Å²) in [6, 6.07) is -0.0384. The quantitative estimate of drug-likeness (QED) is 0.804. The minimum Gasteiger partial charge on any atom is -0.481 e. The Morgan fingerprint density at radius 3 is 2.53 bits per heavy atom. The Kier molecular flexibility index (Phi) is 4.45. The highest BCUT2D eigenvalue weighted by Gasteiger charge is 2.42. The van der Waals surface area contributed by atoms with E-state index in [1.54, 1.807) is 0 Å². The monoisotopic (exact) mass is 268 g/mol. The summed E-state index contributed by atoms with van der Waals surface area (Å²) in [5, 5.41) is 12.7. The molecule has 0 aromatic heterocycles. The number of piperidine rings is 1. The van der Waals surface area contributed by atoms with Crippen LogP contribution in [0.5, 0.6) is 0 Å². The fourth-order valence-corrected chi connectivity index (χ4v) is 3.32. The van der Waals surface area contributed by atoms with Gasteiger partial charge in [0.2, 0.25) is 5.91 Å². The van der Waals surface area contributed by atoms with E-state index in [9.17, 15) is 14.7 Å². The molecule has 0 bridgehead atoms. The molecule has 1 amide bonds. The minimum absolute atomic E-state index is 0.0384. The maximum Gasteiger partial charge on any atom is 0.309 e. The Hall–Kier alpha value is -1.10. The molecule has 2 aliphatic rings. The predicted octanol–water partition coefficient (Wildman–Crippen LogP) is 1.23. The van der Waals surface area contributed by atoms with Crippen molar-refractivity contribution in [3.63, 3.8) is 0 Å². The summed E-state index contributed by atoms with van der Waals surface area (Å²) >= 11 is 0. The number of rotatable bonds is 4. The van der Waals surface area contributed by atoms with Gasteiger partial charge in [0.15, 0.2) is 0 Å². The van der Waals surface area contributed by atoms with E-state index < -0.39 is 11.4 Å². The molecule has 1 atom stereocenters. The molecule has 0 aromatic carbocycles. The van der Waals surface area contributed by atoms with Gasteiger partial charge in [0, 0.05) is 13.1 Å². The molecule has 2 aliphatic heterocycles. The van der Waals surface area contributed by atoms with Crippen LogP contribution in [0.2, 0.25) is 0 Å². The van der Waals surface area contributed by atoms with Crippen LogP contribution in [0.15, 0.2) is 0 Å². The maximum absolute atomic E-state index is 12.3. The lowest BCUT2D eigenvalue weighted by Gasteiger charge is -2.39. The second-order valence-electron chi connectivity index (χ2n) is 5.81. The fraction of sp³-hybridized carbons (Fsp3) is 0.857. The Morgan fingerprint density at radius 2 is 2.05 bits per heavy atom. The Balaban J connectivity index is 1.93. The van der Waals surface area contributed by atoms with Crippen molar-refractivity contribution >= 4 is 11.9 Å². The summed E-state index contributed by atoms with van der Waals surface area (Å²) in [5.74, 6) is -0.534. The van der Waals surface area contributed by atoms with Gasteiger partial charge in [0.1, 0.15) is 0 Å². The summed E-state index contributed by atoms with van der Waals surface area (Å²) in [4.78, 5) is 25.6. The van der Waals surface area contributed by atoms with Crippen LogP contribution in [0, 0.1) is 5.41 Å². The van der Waals surface area contributed by atoms with Gasteiger partial charge < -0.3 is 15.3 Å². The number of likely N-dealkylation sites (tertiary alicyclic amines) is 1. The standard InChI is InChI=1S/C14H24N2O3/c1-2-5-14(13(18)19)6-9-16(10-7-14)12(17)11-4-3-8-15-11/h11,15H,2-10H2,1H3,(H,18,19)/t11-/m1/s1. The van der Waals surface area contributed by atoms with Crippen LogP contribution in [-0.2, 0) is 9.59 Å². The first-order valence-electron chi connectivity index (χ1n) is 7.34. The first-order valence-corrected chi connectivity index (χ1v) is 7.34. The van der Waals surface area contributed by atoms with Crippen molar-refractivity contribution in [2.75, 3.05) is 19.6 Å². The van der Waals surface area contributed by atoms with E-state index in [2.05, 4.69) is 5.32 Å². The Labute approximate surface area is 114 Å². The van der Waals surface area contributed by atoms with Crippen molar-refractivity contribution in [1.29, 1.82) is 0 Å². The number of carboxylic acid groups (broad SMARTS) is 1. The SMILES string of the molecule is CCCC1(C(=O)O)CCN(C(=O)[C@H]2CCCN2)CC1. The summed E-state index contributed by atoms with van der Waals surface area (Å²) in [5.41, 5.74) is -0.603. The van der Waals surface area contributed by atoms with Crippen LogP contribution < -0.4 is 5.32 Å². The van der Waals surface area contributed by atoms with Gasteiger partial charge in [-0.1, -0.05) is 13.3 Å². The molecule has 0 unspecified atom stereocenters. The van der Waals surface area contributed by atoms with Gasteiger partial charge >= 0.3 is 5.97 Å². The van der Waals surface area contributed by atoms with Crippen molar-refractivity contribution in [2.24, 2.45) is 5.41 Å². The maximum atomic E-state index is 12.3. The topological polar surface area (TPSA) is 69.6 Å². The normalized spacial score (nSPS) is 26.4. The van der Waals surface area contributed by atoms with E-state index in [0.29, 0.717) is 32.4 Å². The van der Waals surface area contributed by atoms with Gasteiger partial charge in [-0.2, -0.15) is 0 Å². The average Bonchev–Trinajstić information content (AvgIpc) is 2.93. The Morgan fingerprint density at radius 1 is 1.37 bits per heavy atom. The number of hydrogen-bond donors (Lipinski definition) is 2. The number of carbonyl (C=O) groups is 2. The summed E-state index contributed by atoms with van der Waals surface area (Å²) in [7, 11) is 0. The molecule has 0 radical (unpaired) electrons. The van der Waals surface area contributed by atoms with Crippen molar-refractivity contribution in [3.8, 4) is 0 Å². The molecule has 0 aromatic rings. The summed E-state index contributed by atoms with van der Waals surface area (Å²) < 4.78 is 0. The van der Waals surface area contributed by atoms with E-state index in [4.69, 9.17) is 0 Å². The van der Waals surface area contributed by atoms with Crippen LogP contribution in [-0.4, -0.2) is 47.6 Å². The van der Waals surface area contributed by atoms with Gasteiger partial charge in [-0.25, -0.2) is 0 Å². The zero-order chi connectivity index (χ0) is 13.9. The lowest BCUT2D eigenvalue weighted by atomic mass is 9.75. The molecule has 108 valence electrons. The number of amides is 1. The number of aliphatic carboxylic acids is 1. The molecule has 0 aliphatic carbocycles.